The number of fused-ring (bicyclic) bond motifs is 1. The van der Waals surface area contributed by atoms with Crippen LogP contribution in [0.3, 0.4) is 0 Å². The number of carbonyl (C=O) groups excluding carboxylic acids is 1. The molecule has 0 bridgehead atoms. The van der Waals surface area contributed by atoms with Gasteiger partial charge in [-0.25, -0.2) is 0 Å². The molecule has 0 fully saturated rings. The number of hydrogen-bond donors (Lipinski definition) is 1. The number of hydrogen-bond acceptors (Lipinski definition) is 3. The number of halogens is 1. The molecule has 0 radical (unpaired) electrons. The fourth-order valence-electron chi connectivity index (χ4n) is 2.34. The number of aryl methyl sites for hydroxylation is 1. The van der Waals surface area contributed by atoms with Crippen molar-refractivity contribution in [3.05, 3.63) is 52.0 Å². The highest BCUT2D eigenvalue weighted by molar-refractivity contribution is 9.10. The van der Waals surface area contributed by atoms with Crippen LogP contribution in [0.25, 0.3) is 0 Å². The Morgan fingerprint density at radius 3 is 2.41 bits per heavy atom. The molecule has 1 amide bonds. The smallest absolute Gasteiger partial charge is 0.255 e. The summed E-state index contributed by atoms with van der Waals surface area (Å²) < 4.78 is 12.1. The van der Waals surface area contributed by atoms with Gasteiger partial charge < -0.3 is 14.8 Å². The van der Waals surface area contributed by atoms with Crippen LogP contribution < -0.4 is 14.8 Å². The van der Waals surface area contributed by atoms with Gasteiger partial charge >= 0.3 is 0 Å². The number of nitrogens with one attached hydrogen (secondary N) is 1. The molecule has 0 aromatic heterocycles. The zero-order chi connectivity index (χ0) is 15.5. The number of amides is 1. The van der Waals surface area contributed by atoms with Gasteiger partial charge in [-0.05, 0) is 42.3 Å². The molecule has 0 saturated carbocycles. The Bertz CT molecular complexity index is 698. The van der Waals surface area contributed by atoms with E-state index in [-0.39, 0.29) is 5.91 Å². The molecule has 1 N–H and O–H groups in total. The van der Waals surface area contributed by atoms with Gasteiger partial charge in [-0.3, -0.25) is 4.79 Å². The molecule has 0 aliphatic carbocycles. The first-order chi connectivity index (χ1) is 10.7. The van der Waals surface area contributed by atoms with Crippen molar-refractivity contribution in [3.8, 4) is 11.5 Å². The van der Waals surface area contributed by atoms with Gasteiger partial charge in [0, 0.05) is 21.8 Å². The lowest BCUT2D eigenvalue weighted by Crippen LogP contribution is -2.17. The topological polar surface area (TPSA) is 47.6 Å². The van der Waals surface area contributed by atoms with Crippen molar-refractivity contribution >= 4 is 27.5 Å². The van der Waals surface area contributed by atoms with Gasteiger partial charge in [0.1, 0.15) is 13.2 Å². The molecule has 114 valence electrons. The normalized spacial score (nSPS) is 12.8. The van der Waals surface area contributed by atoms with Crippen molar-refractivity contribution in [2.75, 3.05) is 18.5 Å². The van der Waals surface area contributed by atoms with Crippen molar-refractivity contribution in [3.63, 3.8) is 0 Å². The van der Waals surface area contributed by atoms with Gasteiger partial charge in [-0.2, -0.15) is 0 Å². The first-order valence-corrected chi connectivity index (χ1v) is 7.96. The van der Waals surface area contributed by atoms with E-state index in [9.17, 15) is 4.79 Å². The van der Waals surface area contributed by atoms with Gasteiger partial charge in [-0.1, -0.05) is 22.9 Å². The predicted molar refractivity (Wildman–Crippen MR) is 88.9 cm³/mol. The van der Waals surface area contributed by atoms with Crippen molar-refractivity contribution in [1.82, 2.24) is 0 Å². The summed E-state index contributed by atoms with van der Waals surface area (Å²) in [4.78, 5) is 12.4. The SMILES string of the molecule is CCc1cc2c(cc1NC(=O)c1ccc(Br)cc1)OCCO2. The summed E-state index contributed by atoms with van der Waals surface area (Å²) in [6.07, 6.45) is 0.798. The molecule has 0 atom stereocenters. The minimum Gasteiger partial charge on any atom is -0.486 e. The number of benzene rings is 2. The summed E-state index contributed by atoms with van der Waals surface area (Å²) >= 11 is 3.36. The Kier molecular flexibility index (Phi) is 4.34. The third-order valence-corrected chi connectivity index (χ3v) is 4.03. The highest BCUT2D eigenvalue weighted by Gasteiger charge is 2.17. The van der Waals surface area contributed by atoms with Gasteiger partial charge in [0.05, 0.1) is 0 Å². The standard InChI is InChI=1S/C17H16BrNO3/c1-2-11-9-15-16(22-8-7-21-15)10-14(11)19-17(20)12-3-5-13(18)6-4-12/h3-6,9-10H,2,7-8H2,1H3,(H,19,20). The Labute approximate surface area is 137 Å². The van der Waals surface area contributed by atoms with Crippen molar-refractivity contribution in [2.45, 2.75) is 13.3 Å². The number of rotatable bonds is 3. The van der Waals surface area contributed by atoms with Crippen LogP contribution in [0.15, 0.2) is 40.9 Å². The Hall–Kier alpha value is -2.01. The van der Waals surface area contributed by atoms with E-state index in [4.69, 9.17) is 9.47 Å². The van der Waals surface area contributed by atoms with E-state index < -0.39 is 0 Å². The molecule has 2 aromatic rings. The van der Waals surface area contributed by atoms with Crippen LogP contribution in [0.1, 0.15) is 22.8 Å². The van der Waals surface area contributed by atoms with E-state index in [0.717, 1.165) is 27.9 Å². The van der Waals surface area contributed by atoms with E-state index >= 15 is 0 Å². The quantitative estimate of drug-likeness (QED) is 0.897. The van der Waals surface area contributed by atoms with Crippen LogP contribution in [-0.4, -0.2) is 19.1 Å². The van der Waals surface area contributed by atoms with E-state index in [1.54, 1.807) is 12.1 Å². The van der Waals surface area contributed by atoms with Gasteiger partial charge in [0.15, 0.2) is 11.5 Å². The maximum atomic E-state index is 12.4. The molecule has 22 heavy (non-hydrogen) atoms. The van der Waals surface area contributed by atoms with Crippen molar-refractivity contribution in [2.24, 2.45) is 0 Å². The Balaban J connectivity index is 1.87. The maximum Gasteiger partial charge on any atom is 0.255 e. The highest BCUT2D eigenvalue weighted by atomic mass is 79.9. The lowest BCUT2D eigenvalue weighted by molar-refractivity contribution is 0.102. The molecule has 4 nitrogen and oxygen atoms in total. The Morgan fingerprint density at radius 1 is 1.14 bits per heavy atom. The van der Waals surface area contributed by atoms with Crippen LogP contribution >= 0.6 is 15.9 Å². The molecular weight excluding hydrogens is 346 g/mol. The van der Waals surface area contributed by atoms with Crippen LogP contribution in [0.2, 0.25) is 0 Å². The third kappa shape index (κ3) is 3.09. The first-order valence-electron chi connectivity index (χ1n) is 7.17. The van der Waals surface area contributed by atoms with Crippen LogP contribution in [-0.2, 0) is 6.42 Å². The lowest BCUT2D eigenvalue weighted by Gasteiger charge is -2.21. The number of anilines is 1. The van der Waals surface area contributed by atoms with E-state index in [1.807, 2.05) is 31.2 Å². The van der Waals surface area contributed by atoms with Crippen LogP contribution in [0, 0.1) is 0 Å². The predicted octanol–water partition coefficient (Wildman–Crippen LogP) is 4.04. The fraction of sp³-hybridized carbons (Fsp3) is 0.235. The monoisotopic (exact) mass is 361 g/mol. The van der Waals surface area contributed by atoms with E-state index in [0.29, 0.717) is 24.5 Å². The molecule has 1 heterocycles. The third-order valence-electron chi connectivity index (χ3n) is 3.50. The van der Waals surface area contributed by atoms with Gasteiger partial charge in [0.25, 0.3) is 5.91 Å². The summed E-state index contributed by atoms with van der Waals surface area (Å²) in [5, 5.41) is 2.96. The molecule has 0 saturated heterocycles. The Morgan fingerprint density at radius 2 is 1.77 bits per heavy atom. The second kappa shape index (κ2) is 6.40. The second-order valence-electron chi connectivity index (χ2n) is 4.97. The van der Waals surface area contributed by atoms with Crippen molar-refractivity contribution < 1.29 is 14.3 Å². The van der Waals surface area contributed by atoms with Crippen LogP contribution in [0.5, 0.6) is 11.5 Å². The fourth-order valence-corrected chi connectivity index (χ4v) is 2.60. The molecule has 1 aliphatic rings. The average Bonchev–Trinajstić information content (AvgIpc) is 2.54. The molecule has 0 spiro atoms. The largest absolute Gasteiger partial charge is 0.486 e. The van der Waals surface area contributed by atoms with Crippen molar-refractivity contribution in [1.29, 1.82) is 0 Å². The van der Waals surface area contributed by atoms with E-state index in [2.05, 4.69) is 21.2 Å². The van der Waals surface area contributed by atoms with Crippen LogP contribution in [0.4, 0.5) is 5.69 Å². The molecule has 3 rings (SSSR count). The van der Waals surface area contributed by atoms with Gasteiger partial charge in [-0.15, -0.1) is 0 Å². The highest BCUT2D eigenvalue weighted by Crippen LogP contribution is 2.36. The maximum absolute atomic E-state index is 12.4. The molecule has 1 aliphatic heterocycles. The zero-order valence-corrected chi connectivity index (χ0v) is 13.8. The lowest BCUT2D eigenvalue weighted by atomic mass is 10.1. The summed E-state index contributed by atoms with van der Waals surface area (Å²) in [7, 11) is 0. The molecule has 2 aromatic carbocycles. The number of carbonyl (C=O) groups is 1. The second-order valence-corrected chi connectivity index (χ2v) is 5.88. The van der Waals surface area contributed by atoms with E-state index in [1.165, 1.54) is 0 Å². The summed E-state index contributed by atoms with van der Waals surface area (Å²) in [5.74, 6) is 1.28. The zero-order valence-electron chi connectivity index (χ0n) is 12.2. The summed E-state index contributed by atoms with van der Waals surface area (Å²) in [6.45, 7) is 3.13. The minimum atomic E-state index is -0.140. The summed E-state index contributed by atoms with van der Waals surface area (Å²) in [5.41, 5.74) is 2.40. The summed E-state index contributed by atoms with van der Waals surface area (Å²) in [6, 6.07) is 11.0. The average molecular weight is 362 g/mol. The molecule has 5 heteroatoms. The van der Waals surface area contributed by atoms with Gasteiger partial charge in [0.2, 0.25) is 0 Å². The minimum absolute atomic E-state index is 0.140. The number of ether oxygens (including phenoxy) is 2. The molecular formula is C17H16BrNO3. The molecule has 0 unspecified atom stereocenters. The first kappa shape index (κ1) is 14.9.